The predicted molar refractivity (Wildman–Crippen MR) is 90.2 cm³/mol. The fourth-order valence-corrected chi connectivity index (χ4v) is 3.66. The third-order valence-electron chi connectivity index (χ3n) is 4.17. The Morgan fingerprint density at radius 3 is 3.05 bits per heavy atom. The summed E-state index contributed by atoms with van der Waals surface area (Å²) in [6.45, 7) is 6.41. The van der Waals surface area contributed by atoms with Crippen LogP contribution in [0, 0.1) is 0 Å². The molecule has 3 rings (SSSR count). The Balaban J connectivity index is 1.62. The first-order valence-corrected chi connectivity index (χ1v) is 8.50. The summed E-state index contributed by atoms with van der Waals surface area (Å²) < 4.78 is 0. The number of nitrogens with one attached hydrogen (secondary N) is 1. The minimum absolute atomic E-state index is 0.311. The smallest absolute Gasteiger partial charge is 0.109 e. The first-order chi connectivity index (χ1) is 10.2. The highest BCUT2D eigenvalue weighted by Crippen LogP contribution is 2.27. The van der Waals surface area contributed by atoms with Crippen molar-refractivity contribution in [3.63, 3.8) is 0 Å². The molecule has 0 bridgehead atoms. The molecule has 21 heavy (non-hydrogen) atoms. The van der Waals surface area contributed by atoms with Crippen LogP contribution in [0.4, 0.5) is 5.69 Å². The maximum atomic E-state index is 4.52. The van der Waals surface area contributed by atoms with E-state index in [0.717, 1.165) is 19.5 Å². The molecule has 0 saturated heterocycles. The SMILES string of the molecule is CCc1cnc(C(C)NCc2ccc3c(c2)CCN3C)s1. The highest BCUT2D eigenvalue weighted by atomic mass is 32.1. The van der Waals surface area contributed by atoms with Gasteiger partial charge in [-0.2, -0.15) is 0 Å². The summed E-state index contributed by atoms with van der Waals surface area (Å²) in [7, 11) is 2.17. The average Bonchev–Trinajstić information content (AvgIpc) is 3.12. The molecule has 1 aliphatic heterocycles. The molecule has 0 fully saturated rings. The van der Waals surface area contributed by atoms with Crippen LogP contribution in [-0.4, -0.2) is 18.6 Å². The second-order valence-corrected chi connectivity index (χ2v) is 6.90. The lowest BCUT2D eigenvalue weighted by atomic mass is 10.1. The second-order valence-electron chi connectivity index (χ2n) is 5.76. The van der Waals surface area contributed by atoms with Crippen LogP contribution >= 0.6 is 11.3 Å². The summed E-state index contributed by atoms with van der Waals surface area (Å²) in [5.74, 6) is 0. The van der Waals surface area contributed by atoms with Crippen LogP contribution in [0.1, 0.15) is 40.9 Å². The fraction of sp³-hybridized carbons (Fsp3) is 0.471. The number of thiazole rings is 1. The van der Waals surface area contributed by atoms with Crippen molar-refractivity contribution in [2.24, 2.45) is 0 Å². The molecule has 112 valence electrons. The van der Waals surface area contributed by atoms with Crippen molar-refractivity contribution >= 4 is 17.0 Å². The van der Waals surface area contributed by atoms with Crippen molar-refractivity contribution in [1.82, 2.24) is 10.3 Å². The molecule has 0 radical (unpaired) electrons. The minimum Gasteiger partial charge on any atom is -0.374 e. The van der Waals surface area contributed by atoms with E-state index >= 15 is 0 Å². The lowest BCUT2D eigenvalue weighted by Gasteiger charge is -2.14. The van der Waals surface area contributed by atoms with Gasteiger partial charge in [-0.1, -0.05) is 19.1 Å². The minimum atomic E-state index is 0.311. The molecule has 0 spiro atoms. The average molecular weight is 301 g/mol. The topological polar surface area (TPSA) is 28.2 Å². The normalized spacial score (nSPS) is 15.3. The molecule has 4 heteroatoms. The Bertz CT molecular complexity index is 620. The van der Waals surface area contributed by atoms with E-state index in [2.05, 4.69) is 54.3 Å². The van der Waals surface area contributed by atoms with Crippen molar-refractivity contribution in [3.8, 4) is 0 Å². The summed E-state index contributed by atoms with van der Waals surface area (Å²) in [4.78, 5) is 8.21. The quantitative estimate of drug-likeness (QED) is 0.915. The van der Waals surface area contributed by atoms with Gasteiger partial charge in [-0.05, 0) is 37.0 Å². The zero-order valence-corrected chi connectivity index (χ0v) is 13.8. The Hall–Kier alpha value is -1.39. The van der Waals surface area contributed by atoms with Crippen LogP contribution in [0.2, 0.25) is 0 Å². The number of rotatable bonds is 5. The van der Waals surface area contributed by atoms with Crippen LogP contribution in [0.5, 0.6) is 0 Å². The standard InChI is InChI=1S/C17H23N3S/c1-4-15-11-19-17(21-15)12(2)18-10-13-5-6-16-14(9-13)7-8-20(16)3/h5-6,9,11-12,18H,4,7-8,10H2,1-3H3. The number of hydrogen-bond donors (Lipinski definition) is 1. The lowest BCUT2D eigenvalue weighted by Crippen LogP contribution is -2.18. The van der Waals surface area contributed by atoms with Crippen LogP contribution in [0.25, 0.3) is 0 Å². The number of fused-ring (bicyclic) bond motifs is 1. The maximum absolute atomic E-state index is 4.52. The molecule has 0 amide bonds. The Morgan fingerprint density at radius 2 is 2.29 bits per heavy atom. The zero-order valence-electron chi connectivity index (χ0n) is 13.0. The molecule has 1 N–H and O–H groups in total. The monoisotopic (exact) mass is 301 g/mol. The lowest BCUT2D eigenvalue weighted by molar-refractivity contribution is 0.571. The van der Waals surface area contributed by atoms with Crippen molar-refractivity contribution < 1.29 is 0 Å². The third kappa shape index (κ3) is 3.11. The van der Waals surface area contributed by atoms with E-state index in [0.29, 0.717) is 6.04 Å². The van der Waals surface area contributed by atoms with Crippen LogP contribution in [0.3, 0.4) is 0 Å². The summed E-state index contributed by atoms with van der Waals surface area (Å²) in [6, 6.07) is 7.14. The number of hydrogen-bond acceptors (Lipinski definition) is 4. The van der Waals surface area contributed by atoms with E-state index in [4.69, 9.17) is 0 Å². The second kappa shape index (κ2) is 6.16. The van der Waals surface area contributed by atoms with E-state index in [9.17, 15) is 0 Å². The number of aromatic nitrogens is 1. The van der Waals surface area contributed by atoms with Gasteiger partial charge in [0.2, 0.25) is 0 Å². The van der Waals surface area contributed by atoms with Gasteiger partial charge >= 0.3 is 0 Å². The van der Waals surface area contributed by atoms with E-state index in [1.165, 1.54) is 33.1 Å². The first kappa shape index (κ1) is 14.5. The van der Waals surface area contributed by atoms with Gasteiger partial charge in [0.25, 0.3) is 0 Å². The van der Waals surface area contributed by atoms with E-state index in [1.807, 2.05) is 17.5 Å². The number of benzene rings is 1. The summed E-state index contributed by atoms with van der Waals surface area (Å²) in [6.07, 6.45) is 4.24. The van der Waals surface area contributed by atoms with Crippen LogP contribution in [-0.2, 0) is 19.4 Å². The predicted octanol–water partition coefficient (Wildman–Crippen LogP) is 3.55. The van der Waals surface area contributed by atoms with Gasteiger partial charge in [0.1, 0.15) is 5.01 Å². The van der Waals surface area contributed by atoms with E-state index in [-0.39, 0.29) is 0 Å². The maximum Gasteiger partial charge on any atom is 0.109 e. The van der Waals surface area contributed by atoms with Crippen LogP contribution in [0.15, 0.2) is 24.4 Å². The molecule has 3 nitrogen and oxygen atoms in total. The third-order valence-corrected chi connectivity index (χ3v) is 5.50. The van der Waals surface area contributed by atoms with Gasteiger partial charge in [0.15, 0.2) is 0 Å². The molecule has 2 heterocycles. The molecule has 2 aromatic rings. The summed E-state index contributed by atoms with van der Waals surface area (Å²) >= 11 is 1.82. The van der Waals surface area contributed by atoms with Crippen molar-refractivity contribution in [2.45, 2.75) is 39.3 Å². The van der Waals surface area contributed by atoms with Gasteiger partial charge in [0, 0.05) is 36.9 Å². The molecular weight excluding hydrogens is 278 g/mol. The fourth-order valence-electron chi connectivity index (χ4n) is 2.77. The largest absolute Gasteiger partial charge is 0.374 e. The zero-order chi connectivity index (χ0) is 14.8. The molecule has 0 aliphatic carbocycles. The van der Waals surface area contributed by atoms with Gasteiger partial charge in [-0.25, -0.2) is 4.98 Å². The molecule has 0 saturated carbocycles. The molecule has 1 aromatic heterocycles. The molecule has 1 aliphatic rings. The van der Waals surface area contributed by atoms with Gasteiger partial charge in [0.05, 0.1) is 6.04 Å². The summed E-state index contributed by atoms with van der Waals surface area (Å²) in [5, 5.41) is 4.78. The number of nitrogens with zero attached hydrogens (tertiary/aromatic N) is 2. The number of aryl methyl sites for hydroxylation is 1. The molecular formula is C17H23N3S. The first-order valence-electron chi connectivity index (χ1n) is 7.68. The van der Waals surface area contributed by atoms with Crippen molar-refractivity contribution in [3.05, 3.63) is 45.4 Å². The van der Waals surface area contributed by atoms with E-state index < -0.39 is 0 Å². The molecule has 1 atom stereocenters. The molecule has 1 aromatic carbocycles. The van der Waals surface area contributed by atoms with Crippen LogP contribution < -0.4 is 10.2 Å². The van der Waals surface area contributed by atoms with Gasteiger partial charge < -0.3 is 10.2 Å². The Labute approximate surface area is 131 Å². The van der Waals surface area contributed by atoms with Gasteiger partial charge in [-0.3, -0.25) is 0 Å². The molecule has 1 unspecified atom stereocenters. The van der Waals surface area contributed by atoms with E-state index in [1.54, 1.807) is 0 Å². The Kier molecular flexibility index (Phi) is 4.27. The highest BCUT2D eigenvalue weighted by molar-refractivity contribution is 7.11. The number of anilines is 1. The highest BCUT2D eigenvalue weighted by Gasteiger charge is 2.16. The number of likely N-dealkylation sites (N-methyl/N-ethyl adjacent to an activating group) is 1. The van der Waals surface area contributed by atoms with Gasteiger partial charge in [-0.15, -0.1) is 11.3 Å². The Morgan fingerprint density at radius 1 is 1.43 bits per heavy atom. The van der Waals surface area contributed by atoms with Crippen molar-refractivity contribution in [2.75, 3.05) is 18.5 Å². The summed E-state index contributed by atoms with van der Waals surface area (Å²) in [5.41, 5.74) is 4.23. The van der Waals surface area contributed by atoms with Crippen molar-refractivity contribution in [1.29, 1.82) is 0 Å².